The van der Waals surface area contributed by atoms with Gasteiger partial charge >= 0.3 is 0 Å². The molecule has 1 aromatic rings. The molecular formula is C17H24BrNS. The van der Waals surface area contributed by atoms with Crippen LogP contribution in [0.3, 0.4) is 0 Å². The first-order chi connectivity index (χ1) is 9.53. The highest BCUT2D eigenvalue weighted by molar-refractivity contribution is 9.11. The largest absolute Gasteiger partial charge is 0.324 e. The number of nitrogens with two attached hydrogens (primary N) is 1. The molecule has 3 heteroatoms. The van der Waals surface area contributed by atoms with E-state index in [1.54, 1.807) is 0 Å². The zero-order chi connectivity index (χ0) is 13.9. The monoisotopic (exact) mass is 353 g/mol. The molecule has 0 aromatic carbocycles. The fourth-order valence-electron chi connectivity index (χ4n) is 5.94. The fourth-order valence-corrected chi connectivity index (χ4v) is 7.72. The van der Waals surface area contributed by atoms with Gasteiger partial charge < -0.3 is 5.73 Å². The molecule has 110 valence electrons. The van der Waals surface area contributed by atoms with Crippen molar-refractivity contribution in [2.24, 2.45) is 28.9 Å². The van der Waals surface area contributed by atoms with Crippen molar-refractivity contribution in [3.8, 4) is 0 Å². The maximum absolute atomic E-state index is 6.62. The van der Waals surface area contributed by atoms with Gasteiger partial charge in [-0.25, -0.2) is 0 Å². The van der Waals surface area contributed by atoms with Crippen molar-refractivity contribution in [1.29, 1.82) is 0 Å². The Morgan fingerprint density at radius 3 is 2.25 bits per heavy atom. The molecule has 0 spiro atoms. The van der Waals surface area contributed by atoms with Gasteiger partial charge in [0.2, 0.25) is 0 Å². The van der Waals surface area contributed by atoms with Gasteiger partial charge in [0.15, 0.2) is 0 Å². The quantitative estimate of drug-likeness (QED) is 0.770. The van der Waals surface area contributed by atoms with Crippen molar-refractivity contribution in [2.75, 3.05) is 0 Å². The molecule has 20 heavy (non-hydrogen) atoms. The van der Waals surface area contributed by atoms with Gasteiger partial charge in [0.05, 0.1) is 3.79 Å². The molecule has 4 bridgehead atoms. The number of thiophene rings is 1. The lowest BCUT2D eigenvalue weighted by Gasteiger charge is -2.57. The summed E-state index contributed by atoms with van der Waals surface area (Å²) in [7, 11) is 0. The highest BCUT2D eigenvalue weighted by atomic mass is 79.9. The van der Waals surface area contributed by atoms with Crippen LogP contribution in [0.4, 0.5) is 0 Å². The highest BCUT2D eigenvalue weighted by Crippen LogP contribution is 2.62. The maximum Gasteiger partial charge on any atom is 0.0704 e. The first-order valence-electron chi connectivity index (χ1n) is 8.04. The van der Waals surface area contributed by atoms with E-state index in [1.807, 2.05) is 11.3 Å². The summed E-state index contributed by atoms with van der Waals surface area (Å²) >= 11 is 5.43. The van der Waals surface area contributed by atoms with E-state index in [0.29, 0.717) is 5.41 Å². The number of hydrogen-bond donors (Lipinski definition) is 1. The predicted octanol–water partition coefficient (Wildman–Crippen LogP) is 5.43. The molecule has 0 radical (unpaired) electrons. The van der Waals surface area contributed by atoms with Crippen LogP contribution < -0.4 is 5.73 Å². The lowest BCUT2D eigenvalue weighted by Crippen LogP contribution is -2.47. The molecule has 4 aliphatic carbocycles. The average Bonchev–Trinajstić information content (AvgIpc) is 2.66. The normalized spacial score (nSPS) is 40.2. The first kappa shape index (κ1) is 13.8. The smallest absolute Gasteiger partial charge is 0.0704 e. The van der Waals surface area contributed by atoms with Crippen LogP contribution in [0.2, 0.25) is 0 Å². The van der Waals surface area contributed by atoms with Gasteiger partial charge in [-0.15, -0.1) is 11.3 Å². The Morgan fingerprint density at radius 1 is 1.25 bits per heavy atom. The Morgan fingerprint density at radius 2 is 1.80 bits per heavy atom. The summed E-state index contributed by atoms with van der Waals surface area (Å²) in [5, 5.41) is 0. The van der Waals surface area contributed by atoms with Crippen LogP contribution in [-0.4, -0.2) is 0 Å². The van der Waals surface area contributed by atoms with Crippen LogP contribution in [0.1, 0.15) is 61.4 Å². The minimum absolute atomic E-state index is 0.244. The molecule has 1 unspecified atom stereocenters. The van der Waals surface area contributed by atoms with Crippen LogP contribution in [0, 0.1) is 30.1 Å². The van der Waals surface area contributed by atoms with Crippen LogP contribution in [0.25, 0.3) is 0 Å². The molecule has 1 nitrogen and oxygen atoms in total. The van der Waals surface area contributed by atoms with E-state index < -0.39 is 0 Å². The van der Waals surface area contributed by atoms with E-state index in [4.69, 9.17) is 5.73 Å². The van der Waals surface area contributed by atoms with Crippen molar-refractivity contribution in [1.82, 2.24) is 0 Å². The topological polar surface area (TPSA) is 26.0 Å². The average molecular weight is 354 g/mol. The zero-order valence-electron chi connectivity index (χ0n) is 12.2. The molecule has 1 atom stereocenters. The molecule has 4 saturated carbocycles. The van der Waals surface area contributed by atoms with Crippen molar-refractivity contribution >= 4 is 27.3 Å². The summed E-state index contributed by atoms with van der Waals surface area (Å²) in [6.07, 6.45) is 10.2. The number of rotatable bonds is 3. The number of halogens is 1. The Hall–Kier alpha value is 0.140. The number of hydrogen-bond acceptors (Lipinski definition) is 2. The highest BCUT2D eigenvalue weighted by Gasteiger charge is 2.51. The van der Waals surface area contributed by atoms with Crippen LogP contribution in [0.5, 0.6) is 0 Å². The molecule has 0 amide bonds. The summed E-state index contributed by atoms with van der Waals surface area (Å²) < 4.78 is 1.23. The van der Waals surface area contributed by atoms with Gasteiger partial charge in [-0.1, -0.05) is 0 Å². The van der Waals surface area contributed by atoms with Crippen molar-refractivity contribution in [3.63, 3.8) is 0 Å². The summed E-state index contributed by atoms with van der Waals surface area (Å²) in [5.74, 6) is 3.09. The molecular weight excluding hydrogens is 330 g/mol. The first-order valence-corrected chi connectivity index (χ1v) is 9.65. The summed E-state index contributed by atoms with van der Waals surface area (Å²) in [4.78, 5) is 1.40. The van der Waals surface area contributed by atoms with Gasteiger partial charge in [-0.3, -0.25) is 0 Å². The second kappa shape index (κ2) is 4.82. The lowest BCUT2D eigenvalue weighted by atomic mass is 9.48. The van der Waals surface area contributed by atoms with E-state index in [-0.39, 0.29) is 6.04 Å². The van der Waals surface area contributed by atoms with E-state index in [1.165, 1.54) is 59.2 Å². The van der Waals surface area contributed by atoms with E-state index >= 15 is 0 Å². The van der Waals surface area contributed by atoms with Crippen LogP contribution in [-0.2, 0) is 0 Å². The predicted molar refractivity (Wildman–Crippen MR) is 88.9 cm³/mol. The SMILES string of the molecule is Cc1sc(Br)cc1C(N)CC12CC3CC(CC(C3)C1)C2. The van der Waals surface area contributed by atoms with Gasteiger partial charge in [-0.2, -0.15) is 0 Å². The number of aryl methyl sites for hydroxylation is 1. The summed E-state index contributed by atoms with van der Waals surface area (Å²) in [5.41, 5.74) is 8.60. The molecule has 4 fully saturated rings. The van der Waals surface area contributed by atoms with E-state index in [9.17, 15) is 0 Å². The minimum atomic E-state index is 0.244. The fraction of sp³-hybridized carbons (Fsp3) is 0.765. The second-order valence-corrected chi connectivity index (χ2v) is 10.4. The van der Waals surface area contributed by atoms with E-state index in [2.05, 4.69) is 28.9 Å². The van der Waals surface area contributed by atoms with Gasteiger partial charge in [0.25, 0.3) is 0 Å². The van der Waals surface area contributed by atoms with Crippen molar-refractivity contribution in [2.45, 2.75) is 57.9 Å². The Kier molecular flexibility index (Phi) is 3.32. The van der Waals surface area contributed by atoms with Gasteiger partial charge in [0, 0.05) is 10.9 Å². The molecule has 2 N–H and O–H groups in total. The molecule has 5 rings (SSSR count). The molecule has 1 heterocycles. The molecule has 0 aliphatic heterocycles. The second-order valence-electron chi connectivity index (χ2n) is 7.79. The molecule has 1 aromatic heterocycles. The third kappa shape index (κ3) is 2.30. The Bertz CT molecular complexity index is 486. The Balaban J connectivity index is 1.55. The summed E-state index contributed by atoms with van der Waals surface area (Å²) in [6, 6.07) is 2.50. The van der Waals surface area contributed by atoms with Crippen LogP contribution >= 0.6 is 27.3 Å². The standard InChI is InChI=1S/C17H24BrNS/c1-10-14(5-16(18)20-10)15(19)9-17-6-11-2-12(7-17)4-13(3-11)8-17/h5,11-13,15H,2-4,6-9,19H2,1H3. The summed E-state index contributed by atoms with van der Waals surface area (Å²) in [6.45, 7) is 2.21. The third-order valence-corrected chi connectivity index (χ3v) is 7.71. The molecule has 0 saturated heterocycles. The van der Waals surface area contributed by atoms with Gasteiger partial charge in [-0.05, 0) is 103 Å². The third-order valence-electron chi connectivity index (χ3n) is 6.14. The Labute approximate surface area is 134 Å². The maximum atomic E-state index is 6.62. The van der Waals surface area contributed by atoms with Crippen LogP contribution in [0.15, 0.2) is 9.85 Å². The van der Waals surface area contributed by atoms with Crippen molar-refractivity contribution < 1.29 is 0 Å². The lowest BCUT2D eigenvalue weighted by molar-refractivity contribution is -0.0605. The van der Waals surface area contributed by atoms with Gasteiger partial charge in [0.1, 0.15) is 0 Å². The van der Waals surface area contributed by atoms with Crippen molar-refractivity contribution in [3.05, 3.63) is 20.3 Å². The minimum Gasteiger partial charge on any atom is -0.324 e. The zero-order valence-corrected chi connectivity index (χ0v) is 14.6. The van der Waals surface area contributed by atoms with E-state index in [0.717, 1.165) is 17.8 Å². The molecule has 4 aliphatic rings.